The highest BCUT2D eigenvalue weighted by Crippen LogP contribution is 2.23. The van der Waals surface area contributed by atoms with Crippen LogP contribution >= 0.6 is 0 Å². The zero-order valence-electron chi connectivity index (χ0n) is 50.5. The number of ether oxygens (including phenoxy) is 2. The minimum absolute atomic E-state index is 0.184. The molecular weight excluding hydrogens is 959 g/mol. The molecule has 7 atom stereocenters. The van der Waals surface area contributed by atoms with Gasteiger partial charge in [-0.1, -0.05) is 300 Å². The maximum Gasteiger partial charge on any atom is 0.220 e. The van der Waals surface area contributed by atoms with Crippen LogP contribution in [0.2, 0.25) is 0 Å². The van der Waals surface area contributed by atoms with Gasteiger partial charge in [0, 0.05) is 6.42 Å². The highest BCUT2D eigenvalue weighted by molar-refractivity contribution is 5.76. The van der Waals surface area contributed by atoms with E-state index in [4.69, 9.17) is 9.47 Å². The number of hydrogen-bond acceptors (Lipinski definition) is 8. The van der Waals surface area contributed by atoms with Gasteiger partial charge in [0.1, 0.15) is 24.4 Å². The Bertz CT molecular complexity index is 1350. The smallest absolute Gasteiger partial charge is 0.220 e. The molecule has 452 valence electrons. The van der Waals surface area contributed by atoms with Crippen molar-refractivity contribution in [1.82, 2.24) is 5.32 Å². The van der Waals surface area contributed by atoms with E-state index < -0.39 is 49.5 Å². The molecule has 0 aromatic carbocycles. The molecule has 0 aromatic heterocycles. The third-order valence-electron chi connectivity index (χ3n) is 15.9. The number of aliphatic hydroxyl groups is 5. The summed E-state index contributed by atoms with van der Waals surface area (Å²) in [5.74, 6) is -0.184. The Labute approximate surface area is 475 Å². The van der Waals surface area contributed by atoms with Gasteiger partial charge in [0.2, 0.25) is 5.91 Å². The lowest BCUT2D eigenvalue weighted by atomic mass is 9.99. The molecule has 77 heavy (non-hydrogen) atoms. The van der Waals surface area contributed by atoms with E-state index in [0.29, 0.717) is 6.42 Å². The predicted octanol–water partition coefficient (Wildman–Crippen LogP) is 17.6. The SMILES string of the molecule is CCCCCCC/C=C\C/C=C\CCCCCCCCCCCCCCCC(=O)NC(COC1OC(CO)C(O)C(O)C1O)C(O)/C=C/CC/C=C/CCCCCCCCCCCCCCCCCCCCCCCCC. The normalized spacial score (nSPS) is 19.0. The van der Waals surface area contributed by atoms with Crippen molar-refractivity contribution in [3.63, 3.8) is 0 Å². The lowest BCUT2D eigenvalue weighted by Gasteiger charge is -2.40. The molecule has 0 aromatic rings. The van der Waals surface area contributed by atoms with Gasteiger partial charge < -0.3 is 40.3 Å². The van der Waals surface area contributed by atoms with Crippen molar-refractivity contribution >= 4 is 5.91 Å². The third kappa shape index (κ3) is 46.5. The number of carbonyl (C=O) groups excluding carboxylic acids is 1. The first-order valence-corrected chi connectivity index (χ1v) is 33.4. The molecule has 9 nitrogen and oxygen atoms in total. The molecule has 1 fully saturated rings. The van der Waals surface area contributed by atoms with E-state index in [1.54, 1.807) is 6.08 Å². The number of hydrogen-bond donors (Lipinski definition) is 6. The Morgan fingerprint density at radius 1 is 0.442 bits per heavy atom. The summed E-state index contributed by atoms with van der Waals surface area (Å²) in [4.78, 5) is 13.1. The number of rotatable bonds is 58. The Kier molecular flexibility index (Phi) is 54.5. The largest absolute Gasteiger partial charge is 0.394 e. The maximum atomic E-state index is 13.1. The van der Waals surface area contributed by atoms with Crippen LogP contribution in [0.3, 0.4) is 0 Å². The van der Waals surface area contributed by atoms with E-state index in [-0.39, 0.29) is 12.5 Å². The second-order valence-corrected chi connectivity index (χ2v) is 23.3. The van der Waals surface area contributed by atoms with E-state index in [0.717, 1.165) is 44.9 Å². The van der Waals surface area contributed by atoms with E-state index in [1.807, 2.05) is 6.08 Å². The standard InChI is InChI=1S/C68H127NO8/c1-3-5-7-9-11-13-15-17-19-21-23-25-27-29-30-31-32-34-35-37-39-41-43-45-47-49-51-53-55-57-62(71)61(60-76-68-67(75)66(74)65(73)63(59-70)77-68)69-64(72)58-56-54-52-50-48-46-44-42-40-38-36-33-28-26-24-22-20-18-16-14-12-10-8-6-4-2/h16,18,22,24,47,49,55,57,61-63,65-68,70-71,73-75H,3-15,17,19-21,23,25-46,48,50-54,56,58-60H2,1-2H3,(H,69,72)/b18-16-,24-22-,49-47+,57-55+. The second kappa shape index (κ2) is 57.4. The molecule has 1 rings (SSSR count). The van der Waals surface area contributed by atoms with Crippen LogP contribution in [0.1, 0.15) is 322 Å². The van der Waals surface area contributed by atoms with Crippen LogP contribution in [0.25, 0.3) is 0 Å². The van der Waals surface area contributed by atoms with Gasteiger partial charge in [-0.15, -0.1) is 0 Å². The molecule has 7 unspecified atom stereocenters. The summed E-state index contributed by atoms with van der Waals surface area (Å²) in [5.41, 5.74) is 0. The summed E-state index contributed by atoms with van der Waals surface area (Å²) in [7, 11) is 0. The number of amides is 1. The molecule has 1 saturated heterocycles. The van der Waals surface area contributed by atoms with Crippen molar-refractivity contribution in [2.75, 3.05) is 13.2 Å². The van der Waals surface area contributed by atoms with Gasteiger partial charge >= 0.3 is 0 Å². The van der Waals surface area contributed by atoms with Crippen LogP contribution in [-0.4, -0.2) is 87.5 Å². The second-order valence-electron chi connectivity index (χ2n) is 23.3. The van der Waals surface area contributed by atoms with Crippen LogP contribution in [-0.2, 0) is 14.3 Å². The summed E-state index contributed by atoms with van der Waals surface area (Å²) >= 11 is 0. The van der Waals surface area contributed by atoms with E-state index in [1.165, 1.54) is 257 Å². The zero-order valence-corrected chi connectivity index (χ0v) is 50.5. The topological polar surface area (TPSA) is 149 Å². The number of unbranched alkanes of at least 4 members (excludes halogenated alkanes) is 42. The fraction of sp³-hybridized carbons (Fsp3) is 0.868. The van der Waals surface area contributed by atoms with Crippen molar-refractivity contribution in [1.29, 1.82) is 0 Å². The average molecular weight is 1090 g/mol. The van der Waals surface area contributed by atoms with Gasteiger partial charge in [-0.2, -0.15) is 0 Å². The summed E-state index contributed by atoms with van der Waals surface area (Å²) in [6.45, 7) is 3.79. The van der Waals surface area contributed by atoms with Gasteiger partial charge in [0.25, 0.3) is 0 Å². The van der Waals surface area contributed by atoms with Crippen molar-refractivity contribution in [3.05, 3.63) is 48.6 Å². The fourth-order valence-electron chi connectivity index (χ4n) is 10.6. The third-order valence-corrected chi connectivity index (χ3v) is 15.9. The molecule has 1 aliphatic rings. The van der Waals surface area contributed by atoms with Crippen LogP contribution in [0, 0.1) is 0 Å². The quantitative estimate of drug-likeness (QED) is 0.0261. The van der Waals surface area contributed by atoms with Gasteiger partial charge in [0.15, 0.2) is 6.29 Å². The molecule has 0 saturated carbocycles. The first-order chi connectivity index (χ1) is 37.8. The molecule has 0 radical (unpaired) electrons. The van der Waals surface area contributed by atoms with Crippen molar-refractivity contribution < 1.29 is 39.8 Å². The van der Waals surface area contributed by atoms with Gasteiger partial charge in [0.05, 0.1) is 25.4 Å². The molecule has 1 amide bonds. The number of allylic oxidation sites excluding steroid dienone is 7. The minimum Gasteiger partial charge on any atom is -0.394 e. The van der Waals surface area contributed by atoms with E-state index in [2.05, 4.69) is 55.6 Å². The van der Waals surface area contributed by atoms with Crippen LogP contribution in [0.5, 0.6) is 0 Å². The van der Waals surface area contributed by atoms with Crippen molar-refractivity contribution in [2.24, 2.45) is 0 Å². The highest BCUT2D eigenvalue weighted by atomic mass is 16.7. The van der Waals surface area contributed by atoms with Crippen LogP contribution < -0.4 is 5.32 Å². The predicted molar refractivity (Wildman–Crippen MR) is 327 cm³/mol. The van der Waals surface area contributed by atoms with Gasteiger partial charge in [-0.25, -0.2) is 0 Å². The van der Waals surface area contributed by atoms with Gasteiger partial charge in [-0.05, 0) is 64.2 Å². The number of carbonyl (C=O) groups is 1. The van der Waals surface area contributed by atoms with Crippen LogP contribution in [0.4, 0.5) is 0 Å². The maximum absolute atomic E-state index is 13.1. The monoisotopic (exact) mass is 1090 g/mol. The molecule has 0 aliphatic carbocycles. The Morgan fingerprint density at radius 3 is 1.17 bits per heavy atom. The Balaban J connectivity index is 2.18. The number of nitrogens with one attached hydrogen (secondary N) is 1. The Hall–Kier alpha value is -1.85. The summed E-state index contributed by atoms with van der Waals surface area (Å²) in [6.07, 6.45) is 70.6. The molecule has 1 aliphatic heterocycles. The minimum atomic E-state index is -1.57. The fourth-order valence-corrected chi connectivity index (χ4v) is 10.6. The molecule has 0 spiro atoms. The number of aliphatic hydroxyl groups excluding tert-OH is 5. The first-order valence-electron chi connectivity index (χ1n) is 33.4. The zero-order chi connectivity index (χ0) is 55.8. The molecule has 6 N–H and O–H groups in total. The highest BCUT2D eigenvalue weighted by Gasteiger charge is 2.44. The molecular formula is C68H127NO8. The first kappa shape index (κ1) is 73.2. The molecule has 9 heteroatoms. The van der Waals surface area contributed by atoms with Crippen LogP contribution in [0.15, 0.2) is 48.6 Å². The van der Waals surface area contributed by atoms with Crippen molar-refractivity contribution in [2.45, 2.75) is 365 Å². The van der Waals surface area contributed by atoms with E-state index in [9.17, 15) is 30.3 Å². The van der Waals surface area contributed by atoms with Crippen molar-refractivity contribution in [3.8, 4) is 0 Å². The van der Waals surface area contributed by atoms with Gasteiger partial charge in [-0.3, -0.25) is 4.79 Å². The summed E-state index contributed by atoms with van der Waals surface area (Å²) in [5, 5.41) is 54.7. The summed E-state index contributed by atoms with van der Waals surface area (Å²) < 4.78 is 11.3. The Morgan fingerprint density at radius 2 is 0.779 bits per heavy atom. The summed E-state index contributed by atoms with van der Waals surface area (Å²) in [6, 6.07) is -0.824. The average Bonchev–Trinajstić information content (AvgIpc) is 3.43. The van der Waals surface area contributed by atoms with E-state index >= 15 is 0 Å². The molecule has 0 bridgehead atoms. The molecule has 1 heterocycles. The lowest BCUT2D eigenvalue weighted by molar-refractivity contribution is -0.302. The lowest BCUT2D eigenvalue weighted by Crippen LogP contribution is -2.60.